The first kappa shape index (κ1) is 18.4. The molecule has 1 atom stereocenters. The Labute approximate surface area is 154 Å². The van der Waals surface area contributed by atoms with E-state index in [0.29, 0.717) is 19.1 Å². The van der Waals surface area contributed by atoms with E-state index in [1.807, 2.05) is 30.6 Å². The molecule has 1 N–H and O–H groups in total. The van der Waals surface area contributed by atoms with Gasteiger partial charge >= 0.3 is 6.03 Å². The van der Waals surface area contributed by atoms with E-state index in [9.17, 15) is 9.59 Å². The lowest BCUT2D eigenvalue weighted by Gasteiger charge is -2.41. The number of nitrogens with one attached hydrogen (secondary N) is 1. The zero-order chi connectivity index (χ0) is 18.5. The molecule has 0 saturated carbocycles. The molecule has 1 aromatic heterocycles. The van der Waals surface area contributed by atoms with Crippen molar-refractivity contribution in [3.63, 3.8) is 0 Å². The molecule has 1 saturated heterocycles. The van der Waals surface area contributed by atoms with Gasteiger partial charge in [-0.05, 0) is 44.2 Å². The fourth-order valence-corrected chi connectivity index (χ4v) is 3.80. The predicted octanol–water partition coefficient (Wildman–Crippen LogP) is 1.60. The van der Waals surface area contributed by atoms with Gasteiger partial charge in [-0.3, -0.25) is 14.7 Å². The second-order valence-electron chi connectivity index (χ2n) is 6.93. The van der Waals surface area contributed by atoms with Gasteiger partial charge in [0, 0.05) is 44.5 Å². The Morgan fingerprint density at radius 2 is 2.08 bits per heavy atom. The first-order valence-electron chi connectivity index (χ1n) is 9.13. The molecule has 7 nitrogen and oxygen atoms in total. The number of hydrogen-bond acceptors (Lipinski definition) is 5. The highest BCUT2D eigenvalue weighted by atomic mass is 16.2. The molecule has 2 aliphatic heterocycles. The third-order valence-corrected chi connectivity index (χ3v) is 5.13. The van der Waals surface area contributed by atoms with E-state index in [0.717, 1.165) is 31.6 Å². The minimum atomic E-state index is -0.516. The van der Waals surface area contributed by atoms with Gasteiger partial charge in [0.2, 0.25) is 0 Å². The number of rotatable bonds is 4. The summed E-state index contributed by atoms with van der Waals surface area (Å²) in [5.74, 6) is 0.412. The number of carbonyl (C=O) groups is 2. The van der Waals surface area contributed by atoms with Gasteiger partial charge in [0.05, 0.1) is 6.67 Å². The summed E-state index contributed by atoms with van der Waals surface area (Å²) in [6.45, 7) is 4.14. The van der Waals surface area contributed by atoms with Crippen LogP contribution in [-0.4, -0.2) is 71.0 Å². The van der Waals surface area contributed by atoms with Crippen molar-refractivity contribution in [3.8, 4) is 0 Å². The summed E-state index contributed by atoms with van der Waals surface area (Å²) >= 11 is 0. The zero-order valence-corrected chi connectivity index (χ0v) is 15.5. The maximum atomic E-state index is 12.8. The van der Waals surface area contributed by atoms with Crippen LogP contribution in [0.1, 0.15) is 31.4 Å². The Morgan fingerprint density at radius 1 is 1.31 bits per heavy atom. The molecule has 3 rings (SSSR count). The molecule has 1 unspecified atom stereocenters. The van der Waals surface area contributed by atoms with Gasteiger partial charge in [0.15, 0.2) is 5.78 Å². The van der Waals surface area contributed by atoms with Crippen molar-refractivity contribution < 1.29 is 9.59 Å². The van der Waals surface area contributed by atoms with Crippen molar-refractivity contribution in [1.82, 2.24) is 25.0 Å². The topological polar surface area (TPSA) is 68.8 Å². The lowest BCUT2D eigenvalue weighted by molar-refractivity contribution is -0.127. The van der Waals surface area contributed by atoms with Gasteiger partial charge in [-0.25, -0.2) is 4.79 Å². The van der Waals surface area contributed by atoms with E-state index in [1.54, 1.807) is 23.8 Å². The van der Waals surface area contributed by atoms with Crippen LogP contribution in [0.5, 0.6) is 0 Å². The summed E-state index contributed by atoms with van der Waals surface area (Å²) < 4.78 is 0. The fraction of sp³-hybridized carbons (Fsp3) is 0.526. The molecule has 0 bridgehead atoms. The molecule has 0 radical (unpaired) electrons. The standard InChI is InChI=1S/C19H27N5O2/c1-15(25)18(22(2)19(26)24-11-5-9-20-14-24)23-12-7-16(8-13-23)17-6-3-4-10-21-17/h3-6,9-10,16,18,20H,7-8,11-14H2,1-2H3. The number of carbonyl (C=O) groups excluding carboxylic acids is 2. The number of Topliss-reactive ketones (excluding diaryl/α,β-unsaturated/α-hetero) is 1. The van der Waals surface area contributed by atoms with Gasteiger partial charge in [0.25, 0.3) is 0 Å². The van der Waals surface area contributed by atoms with Crippen LogP contribution in [0, 0.1) is 0 Å². The predicted molar refractivity (Wildman–Crippen MR) is 99.3 cm³/mol. The minimum Gasteiger partial charge on any atom is -0.374 e. The highest BCUT2D eigenvalue weighted by molar-refractivity contribution is 5.86. The van der Waals surface area contributed by atoms with E-state index in [1.165, 1.54) is 0 Å². The van der Waals surface area contributed by atoms with Crippen LogP contribution in [0.25, 0.3) is 0 Å². The molecule has 1 fully saturated rings. The highest BCUT2D eigenvalue weighted by Crippen LogP contribution is 2.28. The van der Waals surface area contributed by atoms with Gasteiger partial charge in [-0.15, -0.1) is 0 Å². The number of nitrogens with zero attached hydrogens (tertiary/aromatic N) is 4. The first-order chi connectivity index (χ1) is 12.6. The smallest absolute Gasteiger partial charge is 0.323 e. The average molecular weight is 357 g/mol. The number of aromatic nitrogens is 1. The minimum absolute atomic E-state index is 0.00218. The molecule has 2 aliphatic rings. The molecule has 0 aliphatic carbocycles. The van der Waals surface area contributed by atoms with Crippen LogP contribution in [0.2, 0.25) is 0 Å². The van der Waals surface area contributed by atoms with Crippen LogP contribution in [0.4, 0.5) is 4.79 Å². The Morgan fingerprint density at radius 3 is 2.65 bits per heavy atom. The Kier molecular flexibility index (Phi) is 5.88. The molecular formula is C19H27N5O2. The number of urea groups is 1. The van der Waals surface area contributed by atoms with E-state index in [4.69, 9.17) is 0 Å². The SMILES string of the molecule is CC(=O)C(N1CCC(c2ccccn2)CC1)N(C)C(=O)N1CC=CNC1. The third-order valence-electron chi connectivity index (χ3n) is 5.13. The second kappa shape index (κ2) is 8.31. The van der Waals surface area contributed by atoms with Crippen LogP contribution in [-0.2, 0) is 4.79 Å². The van der Waals surface area contributed by atoms with Crippen LogP contribution in [0.15, 0.2) is 36.7 Å². The number of ketones is 1. The van der Waals surface area contributed by atoms with Crippen LogP contribution in [0.3, 0.4) is 0 Å². The molecule has 7 heteroatoms. The molecule has 140 valence electrons. The zero-order valence-electron chi connectivity index (χ0n) is 15.5. The Bertz CT molecular complexity index is 655. The molecule has 0 spiro atoms. The van der Waals surface area contributed by atoms with E-state index in [2.05, 4.69) is 21.3 Å². The van der Waals surface area contributed by atoms with Crippen LogP contribution < -0.4 is 5.32 Å². The molecule has 1 aromatic rings. The van der Waals surface area contributed by atoms with Crippen molar-refractivity contribution in [2.45, 2.75) is 31.8 Å². The molecule has 0 aromatic carbocycles. The van der Waals surface area contributed by atoms with E-state index in [-0.39, 0.29) is 11.8 Å². The van der Waals surface area contributed by atoms with Crippen molar-refractivity contribution >= 4 is 11.8 Å². The number of amides is 2. The molecule has 2 amide bonds. The summed E-state index contributed by atoms with van der Waals surface area (Å²) in [5.41, 5.74) is 1.11. The number of piperidine rings is 1. The molecule has 3 heterocycles. The van der Waals surface area contributed by atoms with Gasteiger partial charge in [-0.1, -0.05) is 6.07 Å². The van der Waals surface area contributed by atoms with Gasteiger partial charge < -0.3 is 15.1 Å². The Hall–Kier alpha value is -2.41. The van der Waals surface area contributed by atoms with Crippen molar-refractivity contribution in [2.75, 3.05) is 33.4 Å². The van der Waals surface area contributed by atoms with Crippen molar-refractivity contribution in [2.24, 2.45) is 0 Å². The third kappa shape index (κ3) is 4.04. The van der Waals surface area contributed by atoms with E-state index >= 15 is 0 Å². The van der Waals surface area contributed by atoms with Crippen molar-refractivity contribution in [1.29, 1.82) is 0 Å². The molecular weight excluding hydrogens is 330 g/mol. The maximum absolute atomic E-state index is 12.8. The van der Waals surface area contributed by atoms with E-state index < -0.39 is 6.17 Å². The Balaban J connectivity index is 1.64. The number of hydrogen-bond donors (Lipinski definition) is 1. The summed E-state index contributed by atoms with van der Waals surface area (Å²) in [7, 11) is 1.72. The monoisotopic (exact) mass is 357 g/mol. The quantitative estimate of drug-likeness (QED) is 0.887. The first-order valence-corrected chi connectivity index (χ1v) is 9.13. The summed E-state index contributed by atoms with van der Waals surface area (Å²) in [6.07, 6.45) is 6.94. The largest absolute Gasteiger partial charge is 0.374 e. The van der Waals surface area contributed by atoms with Gasteiger partial charge in [0.1, 0.15) is 6.17 Å². The highest BCUT2D eigenvalue weighted by Gasteiger charge is 2.35. The lowest BCUT2D eigenvalue weighted by Crippen LogP contribution is -2.58. The second-order valence-corrected chi connectivity index (χ2v) is 6.93. The fourth-order valence-electron chi connectivity index (χ4n) is 3.80. The normalized spacial score (nSPS) is 19.7. The number of likely N-dealkylation sites (tertiary alicyclic amines) is 1. The van der Waals surface area contributed by atoms with Crippen molar-refractivity contribution in [3.05, 3.63) is 42.4 Å². The lowest BCUT2D eigenvalue weighted by atomic mass is 9.92. The summed E-state index contributed by atoms with van der Waals surface area (Å²) in [6, 6.07) is 5.87. The molecule has 26 heavy (non-hydrogen) atoms. The number of pyridine rings is 1. The summed E-state index contributed by atoms with van der Waals surface area (Å²) in [5, 5.41) is 3.03. The van der Waals surface area contributed by atoms with Gasteiger partial charge in [-0.2, -0.15) is 0 Å². The number of likely N-dealkylation sites (N-methyl/N-ethyl adjacent to an activating group) is 1. The maximum Gasteiger partial charge on any atom is 0.323 e. The summed E-state index contributed by atoms with van der Waals surface area (Å²) in [4.78, 5) is 34.9. The average Bonchev–Trinajstić information content (AvgIpc) is 2.69. The van der Waals surface area contributed by atoms with Crippen LogP contribution >= 0.6 is 0 Å².